The van der Waals surface area contributed by atoms with Gasteiger partial charge in [-0.15, -0.1) is 0 Å². The zero-order chi connectivity index (χ0) is 14.8. The third-order valence-electron chi connectivity index (χ3n) is 2.38. The number of amides is 2. The van der Waals surface area contributed by atoms with E-state index in [1.165, 1.54) is 6.92 Å². The normalized spacial score (nSPS) is 10.8. The summed E-state index contributed by atoms with van der Waals surface area (Å²) in [5.41, 5.74) is 1.45. The lowest BCUT2D eigenvalue weighted by Gasteiger charge is -2.05. The second-order valence-corrected chi connectivity index (χ2v) is 4.00. The Morgan fingerprint density at radius 1 is 1.35 bits per heavy atom. The van der Waals surface area contributed by atoms with E-state index in [9.17, 15) is 9.59 Å². The van der Waals surface area contributed by atoms with Crippen molar-refractivity contribution in [2.24, 2.45) is 5.16 Å². The van der Waals surface area contributed by atoms with Crippen molar-refractivity contribution in [1.29, 1.82) is 0 Å². The lowest BCUT2D eigenvalue weighted by Crippen LogP contribution is -2.20. The molecule has 0 heterocycles. The van der Waals surface area contributed by atoms with Crippen LogP contribution in [0.3, 0.4) is 0 Å². The van der Waals surface area contributed by atoms with Gasteiger partial charge in [0.15, 0.2) is 0 Å². The number of carbonyl (C=O) groups excluding carboxylic acids is 2. The molecular weight excluding hydrogens is 258 g/mol. The van der Waals surface area contributed by atoms with Gasteiger partial charge in [-0.2, -0.15) is 0 Å². The van der Waals surface area contributed by atoms with Crippen LogP contribution < -0.4 is 10.6 Å². The van der Waals surface area contributed by atoms with Gasteiger partial charge in [0.2, 0.25) is 5.91 Å². The van der Waals surface area contributed by atoms with E-state index in [0.29, 0.717) is 18.7 Å². The van der Waals surface area contributed by atoms with E-state index in [-0.39, 0.29) is 5.91 Å². The van der Waals surface area contributed by atoms with Crippen LogP contribution in [-0.2, 0) is 9.59 Å². The molecule has 3 N–H and O–H groups in total. The first-order chi connectivity index (χ1) is 9.63. The van der Waals surface area contributed by atoms with Crippen LogP contribution in [0.1, 0.15) is 18.9 Å². The molecule has 1 aromatic carbocycles. The predicted octanol–water partition coefficient (Wildman–Crippen LogP) is 1.62. The molecule has 6 heteroatoms. The van der Waals surface area contributed by atoms with Gasteiger partial charge in [-0.05, 0) is 18.1 Å². The highest BCUT2D eigenvalue weighted by atomic mass is 16.4. The molecule has 0 aromatic heterocycles. The van der Waals surface area contributed by atoms with Gasteiger partial charge in [0, 0.05) is 19.2 Å². The summed E-state index contributed by atoms with van der Waals surface area (Å²) >= 11 is 0. The number of rotatable bonds is 6. The van der Waals surface area contributed by atoms with E-state index in [1.54, 1.807) is 12.1 Å². The molecule has 0 aliphatic rings. The summed E-state index contributed by atoms with van der Waals surface area (Å²) < 4.78 is 0. The van der Waals surface area contributed by atoms with Crippen molar-refractivity contribution in [2.75, 3.05) is 11.9 Å². The molecule has 2 amide bonds. The molecule has 0 unspecified atom stereocenters. The zero-order valence-corrected chi connectivity index (χ0v) is 11.2. The molecule has 0 atom stereocenters. The van der Waals surface area contributed by atoms with Crippen LogP contribution in [0.5, 0.6) is 0 Å². The van der Waals surface area contributed by atoms with Crippen molar-refractivity contribution in [3.8, 4) is 0 Å². The van der Waals surface area contributed by atoms with Gasteiger partial charge in [0.1, 0.15) is 6.21 Å². The summed E-state index contributed by atoms with van der Waals surface area (Å²) in [5, 5.41) is 16.3. The zero-order valence-electron chi connectivity index (χ0n) is 11.2. The lowest BCUT2D eigenvalue weighted by molar-refractivity contribution is -0.119. The van der Waals surface area contributed by atoms with E-state index in [2.05, 4.69) is 15.8 Å². The fourth-order valence-electron chi connectivity index (χ4n) is 1.52. The highest BCUT2D eigenvalue weighted by Crippen LogP contribution is 2.16. The Balaban J connectivity index is 2.63. The SMILES string of the molecule is CC(=O)NCCC=Cc1ccccc1NC(=O)C=NO. The number of para-hydroxylation sites is 1. The molecule has 0 saturated carbocycles. The van der Waals surface area contributed by atoms with Crippen molar-refractivity contribution in [3.63, 3.8) is 0 Å². The predicted molar refractivity (Wildman–Crippen MR) is 77.7 cm³/mol. The number of nitrogens with zero attached hydrogens (tertiary/aromatic N) is 1. The summed E-state index contributed by atoms with van der Waals surface area (Å²) in [5.74, 6) is -0.569. The number of oxime groups is 1. The molecule has 6 nitrogen and oxygen atoms in total. The Morgan fingerprint density at radius 2 is 2.10 bits per heavy atom. The Morgan fingerprint density at radius 3 is 2.80 bits per heavy atom. The smallest absolute Gasteiger partial charge is 0.270 e. The maximum atomic E-state index is 11.3. The van der Waals surface area contributed by atoms with Crippen molar-refractivity contribution in [1.82, 2.24) is 5.32 Å². The minimum Gasteiger partial charge on any atom is -0.411 e. The molecule has 0 radical (unpaired) electrons. The molecular formula is C14H17N3O3. The molecule has 0 saturated heterocycles. The quantitative estimate of drug-likeness (QED) is 0.319. The first-order valence-electron chi connectivity index (χ1n) is 6.12. The monoisotopic (exact) mass is 275 g/mol. The van der Waals surface area contributed by atoms with E-state index in [0.717, 1.165) is 11.8 Å². The fraction of sp³-hybridized carbons (Fsp3) is 0.214. The van der Waals surface area contributed by atoms with Gasteiger partial charge in [-0.25, -0.2) is 0 Å². The van der Waals surface area contributed by atoms with Crippen molar-refractivity contribution in [3.05, 3.63) is 35.9 Å². The van der Waals surface area contributed by atoms with Crippen LogP contribution in [0.2, 0.25) is 0 Å². The molecule has 0 aliphatic carbocycles. The largest absolute Gasteiger partial charge is 0.411 e. The van der Waals surface area contributed by atoms with Gasteiger partial charge < -0.3 is 15.8 Å². The van der Waals surface area contributed by atoms with Crippen molar-refractivity contribution >= 4 is 29.8 Å². The molecule has 0 bridgehead atoms. The molecule has 0 fully saturated rings. The van der Waals surface area contributed by atoms with Crippen LogP contribution in [-0.4, -0.2) is 29.8 Å². The number of nitrogens with one attached hydrogen (secondary N) is 2. The van der Waals surface area contributed by atoms with Crippen LogP contribution in [0.15, 0.2) is 35.5 Å². The fourth-order valence-corrected chi connectivity index (χ4v) is 1.52. The number of anilines is 1. The highest BCUT2D eigenvalue weighted by Gasteiger charge is 2.02. The van der Waals surface area contributed by atoms with Crippen molar-refractivity contribution < 1.29 is 14.8 Å². The van der Waals surface area contributed by atoms with E-state index >= 15 is 0 Å². The van der Waals surface area contributed by atoms with Crippen LogP contribution in [0.25, 0.3) is 6.08 Å². The lowest BCUT2D eigenvalue weighted by atomic mass is 10.1. The number of benzene rings is 1. The summed E-state index contributed by atoms with van der Waals surface area (Å²) in [4.78, 5) is 22.0. The average Bonchev–Trinajstić information content (AvgIpc) is 2.40. The van der Waals surface area contributed by atoms with Gasteiger partial charge in [-0.1, -0.05) is 35.5 Å². The first kappa shape index (κ1) is 15.4. The minimum absolute atomic E-state index is 0.0608. The second kappa shape index (κ2) is 8.47. The highest BCUT2D eigenvalue weighted by molar-refractivity contribution is 6.31. The number of hydrogen-bond donors (Lipinski definition) is 3. The Kier molecular flexibility index (Phi) is 6.53. The van der Waals surface area contributed by atoms with Gasteiger partial charge >= 0.3 is 0 Å². The first-order valence-corrected chi connectivity index (χ1v) is 6.12. The summed E-state index contributed by atoms with van der Waals surface area (Å²) in [6.07, 6.45) is 5.24. The summed E-state index contributed by atoms with van der Waals surface area (Å²) in [6.45, 7) is 2.04. The maximum Gasteiger partial charge on any atom is 0.270 e. The Bertz CT molecular complexity index is 524. The maximum absolute atomic E-state index is 11.3. The third-order valence-corrected chi connectivity index (χ3v) is 2.38. The average molecular weight is 275 g/mol. The summed E-state index contributed by atoms with van der Waals surface area (Å²) in [7, 11) is 0. The van der Waals surface area contributed by atoms with E-state index in [4.69, 9.17) is 5.21 Å². The topological polar surface area (TPSA) is 90.8 Å². The Labute approximate surface area is 117 Å². The minimum atomic E-state index is -0.508. The molecule has 106 valence electrons. The number of carbonyl (C=O) groups is 2. The van der Waals surface area contributed by atoms with Crippen LogP contribution in [0, 0.1) is 0 Å². The molecule has 20 heavy (non-hydrogen) atoms. The Hall–Kier alpha value is -2.63. The van der Waals surface area contributed by atoms with Crippen molar-refractivity contribution in [2.45, 2.75) is 13.3 Å². The van der Waals surface area contributed by atoms with E-state index < -0.39 is 5.91 Å². The molecule has 1 rings (SSSR count). The standard InChI is InChI=1S/C14H17N3O3/c1-11(18)15-9-5-4-7-12-6-2-3-8-13(12)17-14(19)10-16-20/h2-4,6-8,10,20H,5,9H2,1H3,(H,15,18)(H,17,19). The van der Waals surface area contributed by atoms with Gasteiger partial charge in [0.05, 0.1) is 0 Å². The van der Waals surface area contributed by atoms with Gasteiger partial charge in [0.25, 0.3) is 5.91 Å². The second-order valence-electron chi connectivity index (χ2n) is 4.00. The third kappa shape index (κ3) is 5.81. The van der Waals surface area contributed by atoms with Crippen LogP contribution >= 0.6 is 0 Å². The molecule has 0 aliphatic heterocycles. The molecule has 0 spiro atoms. The van der Waals surface area contributed by atoms with Crippen LogP contribution in [0.4, 0.5) is 5.69 Å². The van der Waals surface area contributed by atoms with Gasteiger partial charge in [-0.3, -0.25) is 9.59 Å². The van der Waals surface area contributed by atoms with E-state index in [1.807, 2.05) is 24.3 Å². The summed E-state index contributed by atoms with van der Waals surface area (Å²) in [6, 6.07) is 7.24. The number of hydrogen-bond acceptors (Lipinski definition) is 4. The molecule has 1 aromatic rings.